The molecule has 0 aliphatic carbocycles. The quantitative estimate of drug-likeness (QED) is 0.548. The van der Waals surface area contributed by atoms with Gasteiger partial charge in [-0.15, -0.1) is 11.8 Å². The summed E-state index contributed by atoms with van der Waals surface area (Å²) in [6, 6.07) is 7.90. The molecule has 0 fully saturated rings. The van der Waals surface area contributed by atoms with Crippen LogP contribution in [0.25, 0.3) is 0 Å². The van der Waals surface area contributed by atoms with E-state index in [1.165, 1.54) is 6.92 Å². The number of thioether (sulfide) groups is 1. The van der Waals surface area contributed by atoms with E-state index in [1.54, 1.807) is 11.8 Å². The molecule has 0 saturated carbocycles. The van der Waals surface area contributed by atoms with Crippen molar-refractivity contribution < 1.29 is 9.53 Å². The zero-order chi connectivity index (χ0) is 9.68. The maximum atomic E-state index is 10.6. The van der Waals surface area contributed by atoms with Crippen molar-refractivity contribution in [2.45, 2.75) is 18.4 Å². The monoisotopic (exact) mass is 196 g/mol. The molecular formula is C10H12O2S. The lowest BCUT2D eigenvalue weighted by atomic mass is 10.2. The zero-order valence-corrected chi connectivity index (χ0v) is 8.56. The van der Waals surface area contributed by atoms with Crippen molar-refractivity contribution in [3.05, 3.63) is 29.8 Å². The van der Waals surface area contributed by atoms with Crippen molar-refractivity contribution in [2.24, 2.45) is 0 Å². The summed E-state index contributed by atoms with van der Waals surface area (Å²) in [6.07, 6.45) is 2.01. The molecule has 0 amide bonds. The van der Waals surface area contributed by atoms with Crippen molar-refractivity contribution in [3.8, 4) is 0 Å². The molecule has 2 nitrogen and oxygen atoms in total. The van der Waals surface area contributed by atoms with E-state index in [1.807, 2.05) is 30.5 Å². The normalized spacial score (nSPS) is 9.69. The van der Waals surface area contributed by atoms with Gasteiger partial charge < -0.3 is 4.74 Å². The second-order valence-corrected chi connectivity index (χ2v) is 3.44. The van der Waals surface area contributed by atoms with Crippen molar-refractivity contribution in [3.63, 3.8) is 0 Å². The Balaban J connectivity index is 2.69. The standard InChI is InChI=1S/C10H12O2S/c1-8(11)12-7-9-5-3-4-6-10(9)13-2/h3-6H,7H2,1-2H3. The van der Waals surface area contributed by atoms with Gasteiger partial charge in [-0.05, 0) is 12.3 Å². The molecule has 0 N–H and O–H groups in total. The number of carbonyl (C=O) groups excluding carboxylic acids is 1. The first-order valence-electron chi connectivity index (χ1n) is 3.99. The maximum Gasteiger partial charge on any atom is 0.302 e. The third kappa shape index (κ3) is 3.11. The van der Waals surface area contributed by atoms with E-state index in [4.69, 9.17) is 4.74 Å². The van der Waals surface area contributed by atoms with Crippen molar-refractivity contribution in [1.29, 1.82) is 0 Å². The number of esters is 1. The molecule has 1 aromatic rings. The first kappa shape index (κ1) is 10.1. The third-order valence-electron chi connectivity index (χ3n) is 1.62. The van der Waals surface area contributed by atoms with Crippen molar-refractivity contribution >= 4 is 17.7 Å². The van der Waals surface area contributed by atoms with Crippen LogP contribution < -0.4 is 0 Å². The van der Waals surface area contributed by atoms with Gasteiger partial charge in [-0.2, -0.15) is 0 Å². The molecule has 70 valence electrons. The van der Waals surface area contributed by atoms with Gasteiger partial charge in [0.25, 0.3) is 0 Å². The predicted octanol–water partition coefficient (Wildman–Crippen LogP) is 2.47. The molecule has 0 aliphatic rings. The Labute approximate surface area is 82.3 Å². The van der Waals surface area contributed by atoms with Gasteiger partial charge in [-0.1, -0.05) is 18.2 Å². The predicted molar refractivity (Wildman–Crippen MR) is 53.7 cm³/mol. The molecule has 3 heteroatoms. The SMILES string of the molecule is CSc1ccccc1COC(C)=O. The minimum Gasteiger partial charge on any atom is -0.461 e. The Kier molecular flexibility index (Phi) is 3.83. The lowest BCUT2D eigenvalue weighted by Gasteiger charge is -2.06. The summed E-state index contributed by atoms with van der Waals surface area (Å²) < 4.78 is 4.92. The largest absolute Gasteiger partial charge is 0.461 e. The minimum absolute atomic E-state index is 0.240. The molecule has 1 aromatic carbocycles. The highest BCUT2D eigenvalue weighted by Gasteiger charge is 2.01. The van der Waals surface area contributed by atoms with Crippen molar-refractivity contribution in [2.75, 3.05) is 6.26 Å². The van der Waals surface area contributed by atoms with Gasteiger partial charge in [-0.25, -0.2) is 0 Å². The van der Waals surface area contributed by atoms with Crippen LogP contribution in [0, 0.1) is 0 Å². The summed E-state index contributed by atoms with van der Waals surface area (Å²) in [5.74, 6) is -0.240. The number of hydrogen-bond acceptors (Lipinski definition) is 3. The van der Waals surface area contributed by atoms with Crippen molar-refractivity contribution in [1.82, 2.24) is 0 Å². The van der Waals surface area contributed by atoms with Crippen LogP contribution in [-0.4, -0.2) is 12.2 Å². The molecule has 0 aromatic heterocycles. The van der Waals surface area contributed by atoms with E-state index in [9.17, 15) is 4.79 Å². The molecule has 0 atom stereocenters. The van der Waals surface area contributed by atoms with E-state index < -0.39 is 0 Å². The molecule has 0 heterocycles. The summed E-state index contributed by atoms with van der Waals surface area (Å²) in [7, 11) is 0. The van der Waals surface area contributed by atoms with Crippen LogP contribution in [-0.2, 0) is 16.1 Å². The maximum absolute atomic E-state index is 10.6. The Morgan fingerprint density at radius 1 is 1.46 bits per heavy atom. The summed E-state index contributed by atoms with van der Waals surface area (Å²) in [6.45, 7) is 1.79. The number of ether oxygens (including phenoxy) is 1. The molecule has 13 heavy (non-hydrogen) atoms. The summed E-state index contributed by atoms with van der Waals surface area (Å²) in [5.41, 5.74) is 1.06. The summed E-state index contributed by atoms with van der Waals surface area (Å²) in [4.78, 5) is 11.7. The molecule has 0 saturated heterocycles. The van der Waals surface area contributed by atoms with Gasteiger partial charge in [0, 0.05) is 17.4 Å². The van der Waals surface area contributed by atoms with Crippen LogP contribution in [0.5, 0.6) is 0 Å². The Bertz CT molecular complexity index is 297. The van der Waals surface area contributed by atoms with Gasteiger partial charge in [-0.3, -0.25) is 4.79 Å². The topological polar surface area (TPSA) is 26.3 Å². The molecule has 0 spiro atoms. The third-order valence-corrected chi connectivity index (χ3v) is 2.46. The average Bonchev–Trinajstić information content (AvgIpc) is 2.15. The van der Waals surface area contributed by atoms with Crippen LogP contribution in [0.4, 0.5) is 0 Å². The summed E-state index contributed by atoms with van der Waals surface area (Å²) in [5, 5.41) is 0. The second-order valence-electron chi connectivity index (χ2n) is 2.59. The Hall–Kier alpha value is -0.960. The Morgan fingerprint density at radius 3 is 2.77 bits per heavy atom. The van der Waals surface area contributed by atoms with E-state index in [0.29, 0.717) is 6.61 Å². The highest BCUT2D eigenvalue weighted by atomic mass is 32.2. The molecule has 1 rings (SSSR count). The fourth-order valence-corrected chi connectivity index (χ4v) is 1.61. The number of rotatable bonds is 3. The van der Waals surface area contributed by atoms with E-state index in [0.717, 1.165) is 10.5 Å². The minimum atomic E-state index is -0.240. The molecule has 0 radical (unpaired) electrons. The van der Waals surface area contributed by atoms with Crippen LogP contribution in [0.1, 0.15) is 12.5 Å². The fraction of sp³-hybridized carbons (Fsp3) is 0.300. The average molecular weight is 196 g/mol. The van der Waals surface area contributed by atoms with E-state index >= 15 is 0 Å². The first-order chi connectivity index (χ1) is 6.24. The van der Waals surface area contributed by atoms with E-state index in [-0.39, 0.29) is 5.97 Å². The lowest BCUT2D eigenvalue weighted by Crippen LogP contribution is -1.99. The highest BCUT2D eigenvalue weighted by Crippen LogP contribution is 2.20. The molecule has 0 aliphatic heterocycles. The number of hydrogen-bond donors (Lipinski definition) is 0. The van der Waals surface area contributed by atoms with Crippen LogP contribution >= 0.6 is 11.8 Å². The zero-order valence-electron chi connectivity index (χ0n) is 7.74. The van der Waals surface area contributed by atoms with Gasteiger partial charge >= 0.3 is 5.97 Å². The molecule has 0 bridgehead atoms. The molecular weight excluding hydrogens is 184 g/mol. The molecule has 0 unspecified atom stereocenters. The summed E-state index contributed by atoms with van der Waals surface area (Å²) >= 11 is 1.66. The fourth-order valence-electron chi connectivity index (χ4n) is 1.00. The van der Waals surface area contributed by atoms with Gasteiger partial charge in [0.2, 0.25) is 0 Å². The van der Waals surface area contributed by atoms with Gasteiger partial charge in [0.1, 0.15) is 6.61 Å². The van der Waals surface area contributed by atoms with Gasteiger partial charge in [0.15, 0.2) is 0 Å². The number of carbonyl (C=O) groups is 1. The van der Waals surface area contributed by atoms with E-state index in [2.05, 4.69) is 0 Å². The van der Waals surface area contributed by atoms with Gasteiger partial charge in [0.05, 0.1) is 0 Å². The van der Waals surface area contributed by atoms with Crippen LogP contribution in [0.15, 0.2) is 29.2 Å². The lowest BCUT2D eigenvalue weighted by molar-refractivity contribution is -0.142. The van der Waals surface area contributed by atoms with Crippen LogP contribution in [0.3, 0.4) is 0 Å². The second kappa shape index (κ2) is 4.92. The first-order valence-corrected chi connectivity index (χ1v) is 5.21. The number of benzene rings is 1. The smallest absolute Gasteiger partial charge is 0.302 e. The Morgan fingerprint density at radius 2 is 2.15 bits per heavy atom. The van der Waals surface area contributed by atoms with Crippen LogP contribution in [0.2, 0.25) is 0 Å². The highest BCUT2D eigenvalue weighted by molar-refractivity contribution is 7.98.